The minimum Gasteiger partial charge on any atom is -0.489 e. The normalized spacial score (nSPS) is 10.0. The SMILES string of the molecule is CCOC(=O)C(=O)Nc1ccccc1OC(C)C. The number of carbonyl (C=O) groups excluding carboxylic acids is 2. The number of nitrogens with one attached hydrogen (secondary N) is 1. The molecule has 0 spiro atoms. The summed E-state index contributed by atoms with van der Waals surface area (Å²) < 4.78 is 10.1. The zero-order valence-corrected chi connectivity index (χ0v) is 10.7. The number of rotatable bonds is 4. The average molecular weight is 251 g/mol. The fraction of sp³-hybridized carbons (Fsp3) is 0.385. The van der Waals surface area contributed by atoms with Crippen LogP contribution in [0.3, 0.4) is 0 Å². The Morgan fingerprint density at radius 1 is 1.28 bits per heavy atom. The molecule has 18 heavy (non-hydrogen) atoms. The van der Waals surface area contributed by atoms with E-state index >= 15 is 0 Å². The Morgan fingerprint density at radius 3 is 2.56 bits per heavy atom. The summed E-state index contributed by atoms with van der Waals surface area (Å²) >= 11 is 0. The summed E-state index contributed by atoms with van der Waals surface area (Å²) in [6.07, 6.45) is -0.0226. The summed E-state index contributed by atoms with van der Waals surface area (Å²) in [6, 6.07) is 6.92. The minimum atomic E-state index is -0.906. The van der Waals surface area contributed by atoms with Gasteiger partial charge in [0.2, 0.25) is 0 Å². The van der Waals surface area contributed by atoms with Gasteiger partial charge in [-0.1, -0.05) is 12.1 Å². The lowest BCUT2D eigenvalue weighted by Crippen LogP contribution is -2.25. The van der Waals surface area contributed by atoms with Crippen LogP contribution in [0.1, 0.15) is 20.8 Å². The Bertz CT molecular complexity index is 429. The molecule has 0 aliphatic heterocycles. The van der Waals surface area contributed by atoms with Crippen molar-refractivity contribution >= 4 is 17.6 Å². The first-order valence-electron chi connectivity index (χ1n) is 5.78. The third-order valence-corrected chi connectivity index (χ3v) is 1.96. The van der Waals surface area contributed by atoms with E-state index in [1.807, 2.05) is 13.8 Å². The van der Waals surface area contributed by atoms with Crippen LogP contribution >= 0.6 is 0 Å². The van der Waals surface area contributed by atoms with Gasteiger partial charge in [0, 0.05) is 0 Å². The molecule has 0 fully saturated rings. The van der Waals surface area contributed by atoms with Crippen LogP contribution in [0.2, 0.25) is 0 Å². The van der Waals surface area contributed by atoms with E-state index in [0.29, 0.717) is 11.4 Å². The summed E-state index contributed by atoms with van der Waals surface area (Å²) in [6.45, 7) is 5.56. The average Bonchev–Trinajstić information content (AvgIpc) is 2.31. The Labute approximate surface area is 106 Å². The molecule has 0 radical (unpaired) electrons. The quantitative estimate of drug-likeness (QED) is 0.656. The van der Waals surface area contributed by atoms with Crippen LogP contribution in [-0.2, 0) is 14.3 Å². The summed E-state index contributed by atoms with van der Waals surface area (Å²) in [7, 11) is 0. The van der Waals surface area contributed by atoms with E-state index < -0.39 is 11.9 Å². The molecule has 5 heteroatoms. The molecule has 1 amide bonds. The molecule has 0 unspecified atom stereocenters. The number of hydrogen-bond donors (Lipinski definition) is 1. The molecule has 98 valence electrons. The Hall–Kier alpha value is -2.04. The maximum Gasteiger partial charge on any atom is 0.397 e. The van der Waals surface area contributed by atoms with Gasteiger partial charge in [-0.15, -0.1) is 0 Å². The molecule has 0 bridgehead atoms. The molecule has 5 nitrogen and oxygen atoms in total. The van der Waals surface area contributed by atoms with Crippen molar-refractivity contribution in [3.05, 3.63) is 24.3 Å². The van der Waals surface area contributed by atoms with Crippen LogP contribution in [-0.4, -0.2) is 24.6 Å². The zero-order valence-electron chi connectivity index (χ0n) is 10.7. The van der Waals surface area contributed by atoms with Gasteiger partial charge in [-0.2, -0.15) is 0 Å². The van der Waals surface area contributed by atoms with Gasteiger partial charge in [0.05, 0.1) is 18.4 Å². The molecule has 0 aromatic heterocycles. The highest BCUT2D eigenvalue weighted by molar-refractivity contribution is 6.37. The molecule has 1 aromatic carbocycles. The van der Waals surface area contributed by atoms with Crippen molar-refractivity contribution in [3.63, 3.8) is 0 Å². The summed E-state index contributed by atoms with van der Waals surface area (Å²) in [4.78, 5) is 22.7. The fourth-order valence-corrected chi connectivity index (χ4v) is 1.30. The van der Waals surface area contributed by atoms with Crippen LogP contribution < -0.4 is 10.1 Å². The predicted molar refractivity (Wildman–Crippen MR) is 67.5 cm³/mol. The van der Waals surface area contributed by atoms with Gasteiger partial charge >= 0.3 is 11.9 Å². The second kappa shape index (κ2) is 6.64. The lowest BCUT2D eigenvalue weighted by atomic mass is 10.3. The second-order valence-electron chi connectivity index (χ2n) is 3.84. The summed E-state index contributed by atoms with van der Waals surface area (Å²) in [5, 5.41) is 2.46. The van der Waals surface area contributed by atoms with Crippen molar-refractivity contribution in [1.82, 2.24) is 0 Å². The smallest absolute Gasteiger partial charge is 0.397 e. The molecule has 0 saturated carbocycles. The Morgan fingerprint density at radius 2 is 1.94 bits per heavy atom. The fourth-order valence-electron chi connectivity index (χ4n) is 1.30. The lowest BCUT2D eigenvalue weighted by molar-refractivity contribution is -0.152. The van der Waals surface area contributed by atoms with E-state index in [1.54, 1.807) is 31.2 Å². The van der Waals surface area contributed by atoms with Crippen molar-refractivity contribution < 1.29 is 19.1 Å². The first-order chi connectivity index (χ1) is 8.54. The van der Waals surface area contributed by atoms with Gasteiger partial charge in [0.15, 0.2) is 0 Å². The van der Waals surface area contributed by atoms with E-state index in [1.165, 1.54) is 0 Å². The van der Waals surface area contributed by atoms with Gasteiger partial charge in [-0.05, 0) is 32.9 Å². The van der Waals surface area contributed by atoms with Gasteiger partial charge in [-0.3, -0.25) is 4.79 Å². The molecule has 1 N–H and O–H groups in total. The molecular formula is C13H17NO4. The van der Waals surface area contributed by atoms with Crippen molar-refractivity contribution in [2.75, 3.05) is 11.9 Å². The van der Waals surface area contributed by atoms with Crippen molar-refractivity contribution in [1.29, 1.82) is 0 Å². The molecule has 0 aliphatic rings. The van der Waals surface area contributed by atoms with Gasteiger partial charge < -0.3 is 14.8 Å². The maximum atomic E-state index is 11.5. The molecule has 1 rings (SSSR count). The van der Waals surface area contributed by atoms with Gasteiger partial charge in [0.1, 0.15) is 5.75 Å². The highest BCUT2D eigenvalue weighted by Gasteiger charge is 2.16. The van der Waals surface area contributed by atoms with Crippen LogP contribution in [0.4, 0.5) is 5.69 Å². The van der Waals surface area contributed by atoms with E-state index in [-0.39, 0.29) is 12.7 Å². The maximum absolute atomic E-state index is 11.5. The summed E-state index contributed by atoms with van der Waals surface area (Å²) in [5.74, 6) is -1.20. The number of para-hydroxylation sites is 2. The molecular weight excluding hydrogens is 234 g/mol. The number of ether oxygens (including phenoxy) is 2. The minimum absolute atomic E-state index is 0.0226. The topological polar surface area (TPSA) is 64.6 Å². The monoisotopic (exact) mass is 251 g/mol. The number of esters is 1. The third kappa shape index (κ3) is 4.08. The van der Waals surface area contributed by atoms with Gasteiger partial charge in [-0.25, -0.2) is 4.79 Å². The Balaban J connectivity index is 2.77. The van der Waals surface area contributed by atoms with Gasteiger partial charge in [0.25, 0.3) is 0 Å². The molecule has 0 saturated heterocycles. The predicted octanol–water partition coefficient (Wildman–Crippen LogP) is 1.98. The first kappa shape index (κ1) is 14.0. The molecule has 0 atom stereocenters. The highest BCUT2D eigenvalue weighted by Crippen LogP contribution is 2.24. The first-order valence-corrected chi connectivity index (χ1v) is 5.78. The number of carbonyl (C=O) groups is 2. The van der Waals surface area contributed by atoms with Crippen molar-refractivity contribution in [2.24, 2.45) is 0 Å². The van der Waals surface area contributed by atoms with Crippen LogP contribution in [0.25, 0.3) is 0 Å². The van der Waals surface area contributed by atoms with Crippen molar-refractivity contribution in [2.45, 2.75) is 26.9 Å². The molecule has 0 heterocycles. The van der Waals surface area contributed by atoms with E-state index in [9.17, 15) is 9.59 Å². The van der Waals surface area contributed by atoms with E-state index in [0.717, 1.165) is 0 Å². The van der Waals surface area contributed by atoms with Crippen LogP contribution in [0, 0.1) is 0 Å². The number of hydrogen-bond acceptors (Lipinski definition) is 4. The third-order valence-electron chi connectivity index (χ3n) is 1.96. The Kier molecular flexibility index (Phi) is 5.17. The lowest BCUT2D eigenvalue weighted by Gasteiger charge is -2.14. The zero-order chi connectivity index (χ0) is 13.5. The number of amides is 1. The molecule has 1 aromatic rings. The summed E-state index contributed by atoms with van der Waals surface area (Å²) in [5.41, 5.74) is 0.448. The largest absolute Gasteiger partial charge is 0.489 e. The highest BCUT2D eigenvalue weighted by atomic mass is 16.5. The van der Waals surface area contributed by atoms with Crippen LogP contribution in [0.15, 0.2) is 24.3 Å². The van der Waals surface area contributed by atoms with E-state index in [4.69, 9.17) is 4.74 Å². The van der Waals surface area contributed by atoms with Crippen molar-refractivity contribution in [3.8, 4) is 5.75 Å². The standard InChI is InChI=1S/C13H17NO4/c1-4-17-13(16)12(15)14-10-7-5-6-8-11(10)18-9(2)3/h5-9H,4H2,1-3H3,(H,14,15). The number of benzene rings is 1. The second-order valence-corrected chi connectivity index (χ2v) is 3.84. The number of anilines is 1. The van der Waals surface area contributed by atoms with E-state index in [2.05, 4.69) is 10.1 Å². The van der Waals surface area contributed by atoms with Crippen LogP contribution in [0.5, 0.6) is 5.75 Å². The molecule has 0 aliphatic carbocycles.